The van der Waals surface area contributed by atoms with Gasteiger partial charge in [0.1, 0.15) is 12.3 Å². The molecular weight excluding hydrogens is 295 g/mol. The van der Waals surface area contributed by atoms with Gasteiger partial charge >= 0.3 is 6.18 Å². The van der Waals surface area contributed by atoms with Crippen LogP contribution < -0.4 is 4.74 Å². The first-order valence-corrected chi connectivity index (χ1v) is 7.23. The largest absolute Gasteiger partial charge is 0.494 e. The molecule has 0 saturated carbocycles. The third-order valence-electron chi connectivity index (χ3n) is 2.96. The maximum Gasteiger partial charge on any atom is 0.406 e. The second-order valence-electron chi connectivity index (χ2n) is 5.61. The van der Waals surface area contributed by atoms with E-state index in [0.717, 1.165) is 10.5 Å². The molecule has 0 aliphatic rings. The van der Waals surface area contributed by atoms with Crippen molar-refractivity contribution in [2.24, 2.45) is 5.92 Å². The molecular formula is C16H22F3NO2. The number of rotatable bonds is 6. The summed E-state index contributed by atoms with van der Waals surface area (Å²) in [4.78, 5) is 13.2. The van der Waals surface area contributed by atoms with Crippen LogP contribution >= 0.6 is 0 Å². The maximum absolute atomic E-state index is 12.7. The van der Waals surface area contributed by atoms with E-state index in [4.69, 9.17) is 4.74 Å². The van der Waals surface area contributed by atoms with Gasteiger partial charge in [-0.2, -0.15) is 13.2 Å². The van der Waals surface area contributed by atoms with Crippen LogP contribution in [0.5, 0.6) is 5.75 Å². The van der Waals surface area contributed by atoms with Gasteiger partial charge in [-0.1, -0.05) is 13.8 Å². The Morgan fingerprint density at radius 3 is 2.41 bits per heavy atom. The van der Waals surface area contributed by atoms with E-state index in [9.17, 15) is 18.0 Å². The molecule has 0 unspecified atom stereocenters. The molecule has 22 heavy (non-hydrogen) atoms. The Morgan fingerprint density at radius 1 is 1.32 bits per heavy atom. The lowest BCUT2D eigenvalue weighted by atomic mass is 10.1. The molecule has 0 atom stereocenters. The Morgan fingerprint density at radius 2 is 1.95 bits per heavy atom. The number of amides is 1. The van der Waals surface area contributed by atoms with E-state index in [1.54, 1.807) is 32.9 Å². The molecule has 1 amide bonds. The molecule has 1 aromatic carbocycles. The quantitative estimate of drug-likeness (QED) is 0.792. The van der Waals surface area contributed by atoms with Gasteiger partial charge in [-0.05, 0) is 43.5 Å². The minimum Gasteiger partial charge on any atom is -0.494 e. The van der Waals surface area contributed by atoms with Gasteiger partial charge in [0.2, 0.25) is 0 Å². The normalized spacial score (nSPS) is 11.6. The van der Waals surface area contributed by atoms with Crippen molar-refractivity contribution in [1.29, 1.82) is 0 Å². The number of nitrogens with zero attached hydrogens (tertiary/aromatic N) is 1. The highest BCUT2D eigenvalue weighted by Crippen LogP contribution is 2.23. The zero-order valence-electron chi connectivity index (χ0n) is 13.3. The highest BCUT2D eigenvalue weighted by atomic mass is 19.4. The molecule has 0 aromatic heterocycles. The van der Waals surface area contributed by atoms with E-state index >= 15 is 0 Å². The minimum atomic E-state index is -4.41. The topological polar surface area (TPSA) is 29.5 Å². The zero-order chi connectivity index (χ0) is 16.9. The van der Waals surface area contributed by atoms with Crippen molar-refractivity contribution in [2.45, 2.75) is 33.9 Å². The summed E-state index contributed by atoms with van der Waals surface area (Å²) in [6, 6.07) is 4.69. The standard InChI is InChI=1S/C16H22F3NO2/c1-5-22-14-7-6-13(8-12(14)4)15(21)20(9-11(2)3)10-16(17,18)19/h6-8,11H,5,9-10H2,1-4H3. The van der Waals surface area contributed by atoms with Gasteiger partial charge < -0.3 is 9.64 Å². The fourth-order valence-corrected chi connectivity index (χ4v) is 2.16. The van der Waals surface area contributed by atoms with Crippen molar-refractivity contribution < 1.29 is 22.7 Å². The lowest BCUT2D eigenvalue weighted by Crippen LogP contribution is -2.41. The van der Waals surface area contributed by atoms with Gasteiger partial charge in [0, 0.05) is 12.1 Å². The molecule has 0 radical (unpaired) electrons. The summed E-state index contributed by atoms with van der Waals surface area (Å²) in [6.45, 7) is 6.47. The number of hydrogen-bond acceptors (Lipinski definition) is 2. The fraction of sp³-hybridized carbons (Fsp3) is 0.562. The molecule has 0 spiro atoms. The van der Waals surface area contributed by atoms with Gasteiger partial charge in [0.25, 0.3) is 5.91 Å². The smallest absolute Gasteiger partial charge is 0.406 e. The number of aryl methyl sites for hydroxylation is 1. The third kappa shape index (κ3) is 5.58. The number of hydrogen-bond donors (Lipinski definition) is 0. The van der Waals surface area contributed by atoms with Crippen LogP contribution in [0.2, 0.25) is 0 Å². The van der Waals surface area contributed by atoms with Gasteiger partial charge in [-0.15, -0.1) is 0 Å². The average Bonchev–Trinajstić information content (AvgIpc) is 2.37. The summed E-state index contributed by atoms with van der Waals surface area (Å²) in [5, 5.41) is 0. The van der Waals surface area contributed by atoms with Crippen molar-refractivity contribution in [3.63, 3.8) is 0 Å². The van der Waals surface area contributed by atoms with E-state index in [0.29, 0.717) is 12.4 Å². The first-order chi connectivity index (χ1) is 10.1. The Labute approximate surface area is 129 Å². The van der Waals surface area contributed by atoms with E-state index in [-0.39, 0.29) is 18.0 Å². The number of benzene rings is 1. The van der Waals surface area contributed by atoms with E-state index in [2.05, 4.69) is 0 Å². The number of halogens is 3. The van der Waals surface area contributed by atoms with Gasteiger partial charge in [0.15, 0.2) is 0 Å². The monoisotopic (exact) mass is 317 g/mol. The molecule has 0 fully saturated rings. The molecule has 0 N–H and O–H groups in total. The number of carbonyl (C=O) groups is 1. The summed E-state index contributed by atoms with van der Waals surface area (Å²) >= 11 is 0. The van der Waals surface area contributed by atoms with Crippen molar-refractivity contribution in [3.8, 4) is 5.75 Å². The Bertz CT molecular complexity index is 513. The molecule has 1 rings (SSSR count). The van der Waals surface area contributed by atoms with Crippen molar-refractivity contribution in [2.75, 3.05) is 19.7 Å². The highest BCUT2D eigenvalue weighted by Gasteiger charge is 2.33. The third-order valence-corrected chi connectivity index (χ3v) is 2.96. The van der Waals surface area contributed by atoms with Crippen molar-refractivity contribution >= 4 is 5.91 Å². The molecule has 124 valence electrons. The summed E-state index contributed by atoms with van der Waals surface area (Å²) in [6.07, 6.45) is -4.41. The summed E-state index contributed by atoms with van der Waals surface area (Å²) in [7, 11) is 0. The predicted molar refractivity (Wildman–Crippen MR) is 79.1 cm³/mol. The minimum absolute atomic E-state index is 0.0462. The number of carbonyl (C=O) groups excluding carboxylic acids is 1. The molecule has 1 aromatic rings. The fourth-order valence-electron chi connectivity index (χ4n) is 2.16. The van der Waals surface area contributed by atoms with Gasteiger partial charge in [-0.25, -0.2) is 0 Å². The summed E-state index contributed by atoms with van der Waals surface area (Å²) in [5.41, 5.74) is 0.968. The first-order valence-electron chi connectivity index (χ1n) is 7.23. The summed E-state index contributed by atoms with van der Waals surface area (Å²) in [5.74, 6) is -0.0300. The van der Waals surface area contributed by atoms with E-state index < -0.39 is 18.6 Å². The Kier molecular flexibility index (Phi) is 6.26. The first kappa shape index (κ1) is 18.3. The second-order valence-corrected chi connectivity index (χ2v) is 5.61. The zero-order valence-corrected chi connectivity index (χ0v) is 13.3. The van der Waals surface area contributed by atoms with Crippen LogP contribution in [0.1, 0.15) is 36.7 Å². The van der Waals surface area contributed by atoms with Crippen LogP contribution in [0.15, 0.2) is 18.2 Å². The maximum atomic E-state index is 12.7. The predicted octanol–water partition coefficient (Wildman–Crippen LogP) is 4.05. The highest BCUT2D eigenvalue weighted by molar-refractivity contribution is 5.94. The number of ether oxygens (including phenoxy) is 1. The van der Waals surface area contributed by atoms with Crippen molar-refractivity contribution in [3.05, 3.63) is 29.3 Å². The van der Waals surface area contributed by atoms with Crippen LogP contribution in [0.25, 0.3) is 0 Å². The molecule has 0 aliphatic carbocycles. The van der Waals surface area contributed by atoms with E-state index in [1.807, 2.05) is 6.92 Å². The Hall–Kier alpha value is -1.72. The molecule has 0 saturated heterocycles. The SMILES string of the molecule is CCOc1ccc(C(=O)N(CC(C)C)CC(F)(F)F)cc1C. The Balaban J connectivity index is 3.00. The molecule has 6 heteroatoms. The van der Waals surface area contributed by atoms with Crippen LogP contribution in [-0.4, -0.2) is 36.7 Å². The number of alkyl halides is 3. The van der Waals surface area contributed by atoms with Crippen LogP contribution in [-0.2, 0) is 0 Å². The van der Waals surface area contributed by atoms with Crippen LogP contribution in [0, 0.1) is 12.8 Å². The van der Waals surface area contributed by atoms with Gasteiger partial charge in [-0.3, -0.25) is 4.79 Å². The van der Waals surface area contributed by atoms with E-state index in [1.165, 1.54) is 6.07 Å². The average molecular weight is 317 g/mol. The molecule has 0 bridgehead atoms. The lowest BCUT2D eigenvalue weighted by Gasteiger charge is -2.26. The second kappa shape index (κ2) is 7.51. The summed E-state index contributed by atoms with van der Waals surface area (Å²) < 4.78 is 43.4. The molecule has 3 nitrogen and oxygen atoms in total. The molecule has 0 aliphatic heterocycles. The van der Waals surface area contributed by atoms with Gasteiger partial charge in [0.05, 0.1) is 6.61 Å². The van der Waals surface area contributed by atoms with Crippen LogP contribution in [0.4, 0.5) is 13.2 Å². The molecule has 0 heterocycles. The van der Waals surface area contributed by atoms with Crippen molar-refractivity contribution in [1.82, 2.24) is 4.90 Å². The van der Waals surface area contributed by atoms with Crippen LogP contribution in [0.3, 0.4) is 0 Å². The lowest BCUT2D eigenvalue weighted by molar-refractivity contribution is -0.141.